The predicted molar refractivity (Wildman–Crippen MR) is 133 cm³/mol. The molecule has 0 heterocycles. The van der Waals surface area contributed by atoms with E-state index in [4.69, 9.17) is 11.6 Å². The van der Waals surface area contributed by atoms with E-state index in [0.717, 1.165) is 28.1 Å². The number of aryl methyl sites for hydroxylation is 1. The number of carbonyl (C=O) groups is 2. The minimum Gasteiger partial charge on any atom is -0.352 e. The van der Waals surface area contributed by atoms with E-state index in [-0.39, 0.29) is 18.5 Å². The van der Waals surface area contributed by atoms with Gasteiger partial charge in [-0.05, 0) is 56.5 Å². The lowest BCUT2D eigenvalue weighted by Crippen LogP contribution is -2.52. The van der Waals surface area contributed by atoms with Gasteiger partial charge in [-0.25, -0.2) is 8.42 Å². The standard InChI is InChI=1S/C24H32ClN3O4S/c1-6-18(3)26-24(30)19(4)27(15-20-11-13-21(25)14-12-20)23(29)16-28(33(5,31)32)22-10-8-7-9-17(22)2/h7-14,18-19H,6,15-16H2,1-5H3,(H,26,30). The van der Waals surface area contributed by atoms with Gasteiger partial charge in [0.25, 0.3) is 0 Å². The van der Waals surface area contributed by atoms with Crippen LogP contribution in [-0.4, -0.2) is 50.0 Å². The molecule has 2 unspecified atom stereocenters. The highest BCUT2D eigenvalue weighted by Crippen LogP contribution is 2.23. The summed E-state index contributed by atoms with van der Waals surface area (Å²) in [4.78, 5) is 27.7. The average Bonchev–Trinajstić information content (AvgIpc) is 2.76. The van der Waals surface area contributed by atoms with Crippen LogP contribution in [0.2, 0.25) is 5.02 Å². The summed E-state index contributed by atoms with van der Waals surface area (Å²) in [6.45, 7) is 6.99. The highest BCUT2D eigenvalue weighted by atomic mass is 35.5. The molecule has 0 radical (unpaired) electrons. The fourth-order valence-electron chi connectivity index (χ4n) is 3.27. The van der Waals surface area contributed by atoms with Crippen LogP contribution < -0.4 is 9.62 Å². The molecule has 2 atom stereocenters. The Morgan fingerprint density at radius 2 is 1.67 bits per heavy atom. The predicted octanol–water partition coefficient (Wildman–Crippen LogP) is 3.75. The van der Waals surface area contributed by atoms with Crippen molar-refractivity contribution in [3.63, 3.8) is 0 Å². The summed E-state index contributed by atoms with van der Waals surface area (Å²) in [6, 6.07) is 13.1. The lowest BCUT2D eigenvalue weighted by Gasteiger charge is -2.32. The summed E-state index contributed by atoms with van der Waals surface area (Å²) in [5, 5.41) is 3.46. The van der Waals surface area contributed by atoms with Crippen molar-refractivity contribution in [3.8, 4) is 0 Å². The summed E-state index contributed by atoms with van der Waals surface area (Å²) < 4.78 is 26.3. The molecule has 9 heteroatoms. The van der Waals surface area contributed by atoms with Crippen LogP contribution >= 0.6 is 11.6 Å². The molecule has 1 N–H and O–H groups in total. The van der Waals surface area contributed by atoms with Crippen LogP contribution in [0, 0.1) is 6.92 Å². The fraction of sp³-hybridized carbons (Fsp3) is 0.417. The molecule has 2 rings (SSSR count). The second-order valence-electron chi connectivity index (χ2n) is 8.20. The van der Waals surface area contributed by atoms with Crippen molar-refractivity contribution in [2.75, 3.05) is 17.1 Å². The van der Waals surface area contributed by atoms with Gasteiger partial charge in [0.15, 0.2) is 0 Å². The molecule has 7 nitrogen and oxygen atoms in total. The molecule has 180 valence electrons. The van der Waals surface area contributed by atoms with E-state index in [1.54, 1.807) is 62.4 Å². The van der Waals surface area contributed by atoms with Crippen molar-refractivity contribution in [1.29, 1.82) is 0 Å². The van der Waals surface area contributed by atoms with E-state index in [1.165, 1.54) is 4.90 Å². The maximum Gasteiger partial charge on any atom is 0.244 e. The van der Waals surface area contributed by atoms with Crippen molar-refractivity contribution in [3.05, 3.63) is 64.7 Å². The number of carbonyl (C=O) groups excluding carboxylic acids is 2. The van der Waals surface area contributed by atoms with Crippen molar-refractivity contribution >= 4 is 39.1 Å². The van der Waals surface area contributed by atoms with Gasteiger partial charge < -0.3 is 10.2 Å². The van der Waals surface area contributed by atoms with Crippen molar-refractivity contribution in [2.24, 2.45) is 0 Å². The Morgan fingerprint density at radius 1 is 1.06 bits per heavy atom. The number of amides is 2. The van der Waals surface area contributed by atoms with Crippen LogP contribution in [0.3, 0.4) is 0 Å². The number of hydrogen-bond donors (Lipinski definition) is 1. The molecule has 0 aliphatic rings. The van der Waals surface area contributed by atoms with Gasteiger partial charge in [0, 0.05) is 17.6 Å². The van der Waals surface area contributed by atoms with Gasteiger partial charge in [0.1, 0.15) is 12.6 Å². The first-order valence-electron chi connectivity index (χ1n) is 10.8. The molecule has 0 aromatic heterocycles. The number of para-hydroxylation sites is 1. The zero-order chi connectivity index (χ0) is 24.8. The fourth-order valence-corrected chi connectivity index (χ4v) is 4.31. The summed E-state index contributed by atoms with van der Waals surface area (Å²) in [5.74, 6) is -0.779. The Balaban J connectivity index is 2.39. The topological polar surface area (TPSA) is 86.8 Å². The Bertz CT molecular complexity index is 1070. The number of nitrogens with zero attached hydrogens (tertiary/aromatic N) is 2. The molecule has 2 amide bonds. The first kappa shape index (κ1) is 26.7. The Kier molecular flexibility index (Phi) is 9.31. The van der Waals surface area contributed by atoms with E-state index >= 15 is 0 Å². The number of anilines is 1. The van der Waals surface area contributed by atoms with Crippen LogP contribution in [0.5, 0.6) is 0 Å². The minimum atomic E-state index is -3.75. The molecule has 2 aromatic rings. The third-order valence-electron chi connectivity index (χ3n) is 5.50. The van der Waals surface area contributed by atoms with Crippen molar-refractivity contribution < 1.29 is 18.0 Å². The number of hydrogen-bond acceptors (Lipinski definition) is 4. The highest BCUT2D eigenvalue weighted by Gasteiger charge is 2.30. The molecular weight excluding hydrogens is 462 g/mol. The van der Waals surface area contributed by atoms with Gasteiger partial charge in [0.2, 0.25) is 21.8 Å². The molecule has 0 bridgehead atoms. The minimum absolute atomic E-state index is 0.0491. The number of rotatable bonds is 10. The van der Waals surface area contributed by atoms with Crippen molar-refractivity contribution in [2.45, 2.75) is 52.7 Å². The molecule has 0 aliphatic carbocycles. The van der Waals surface area contributed by atoms with Gasteiger partial charge in [-0.3, -0.25) is 13.9 Å². The normalized spacial score (nSPS) is 13.2. The first-order valence-corrected chi connectivity index (χ1v) is 13.0. The average molecular weight is 494 g/mol. The molecule has 0 aliphatic heterocycles. The van der Waals surface area contributed by atoms with Crippen LogP contribution in [-0.2, 0) is 26.2 Å². The molecular formula is C24H32ClN3O4S. The molecule has 0 fully saturated rings. The molecule has 0 spiro atoms. The monoisotopic (exact) mass is 493 g/mol. The lowest BCUT2D eigenvalue weighted by atomic mass is 10.1. The molecule has 0 saturated heterocycles. The SMILES string of the molecule is CCC(C)NC(=O)C(C)N(Cc1ccc(Cl)cc1)C(=O)CN(c1ccccc1C)S(C)(=O)=O. The Labute approximate surface area is 201 Å². The Hall–Kier alpha value is -2.58. The van der Waals surface area contributed by atoms with E-state index in [2.05, 4.69) is 5.32 Å². The van der Waals surface area contributed by atoms with Crippen LogP contribution in [0.25, 0.3) is 0 Å². The van der Waals surface area contributed by atoms with Gasteiger partial charge in [-0.1, -0.05) is 48.9 Å². The van der Waals surface area contributed by atoms with Crippen LogP contribution in [0.15, 0.2) is 48.5 Å². The maximum atomic E-state index is 13.5. The van der Waals surface area contributed by atoms with Crippen LogP contribution in [0.1, 0.15) is 38.3 Å². The third kappa shape index (κ3) is 7.47. The van der Waals surface area contributed by atoms with Crippen LogP contribution in [0.4, 0.5) is 5.69 Å². The van der Waals surface area contributed by atoms with Crippen molar-refractivity contribution in [1.82, 2.24) is 10.2 Å². The molecule has 33 heavy (non-hydrogen) atoms. The van der Waals surface area contributed by atoms with Gasteiger partial charge in [-0.2, -0.15) is 0 Å². The van der Waals surface area contributed by atoms with Gasteiger partial charge >= 0.3 is 0 Å². The summed E-state index contributed by atoms with van der Waals surface area (Å²) in [7, 11) is -3.75. The zero-order valence-corrected chi connectivity index (χ0v) is 21.3. The number of sulfonamides is 1. The summed E-state index contributed by atoms with van der Waals surface area (Å²) >= 11 is 5.98. The molecule has 0 saturated carbocycles. The summed E-state index contributed by atoms with van der Waals surface area (Å²) in [6.07, 6.45) is 1.81. The van der Waals surface area contributed by atoms with E-state index in [0.29, 0.717) is 10.7 Å². The maximum absolute atomic E-state index is 13.5. The number of benzene rings is 2. The number of nitrogens with one attached hydrogen (secondary N) is 1. The zero-order valence-electron chi connectivity index (χ0n) is 19.7. The van der Waals surface area contributed by atoms with E-state index in [9.17, 15) is 18.0 Å². The van der Waals surface area contributed by atoms with Gasteiger partial charge in [0.05, 0.1) is 11.9 Å². The molecule has 2 aromatic carbocycles. The largest absolute Gasteiger partial charge is 0.352 e. The highest BCUT2D eigenvalue weighted by molar-refractivity contribution is 7.92. The van der Waals surface area contributed by atoms with E-state index < -0.39 is 28.5 Å². The number of halogens is 1. The smallest absolute Gasteiger partial charge is 0.244 e. The lowest BCUT2D eigenvalue weighted by molar-refractivity contribution is -0.139. The second-order valence-corrected chi connectivity index (χ2v) is 10.5. The second kappa shape index (κ2) is 11.5. The third-order valence-corrected chi connectivity index (χ3v) is 6.88. The van der Waals surface area contributed by atoms with Gasteiger partial charge in [-0.15, -0.1) is 0 Å². The quantitative estimate of drug-likeness (QED) is 0.546. The van der Waals surface area contributed by atoms with E-state index in [1.807, 2.05) is 13.8 Å². The summed E-state index contributed by atoms with van der Waals surface area (Å²) in [5.41, 5.74) is 1.93. The first-order chi connectivity index (χ1) is 15.4. The Morgan fingerprint density at radius 3 is 2.21 bits per heavy atom.